The predicted molar refractivity (Wildman–Crippen MR) is 66.5 cm³/mol. The van der Waals surface area contributed by atoms with Crippen molar-refractivity contribution in [1.29, 1.82) is 0 Å². The highest BCUT2D eigenvalue weighted by molar-refractivity contribution is 5.84. The lowest BCUT2D eigenvalue weighted by atomic mass is 10.1. The Bertz CT molecular complexity index is 280. The Kier molecular flexibility index (Phi) is 4.93. The molecule has 0 radical (unpaired) electrons. The lowest BCUT2D eigenvalue weighted by Gasteiger charge is -2.20. The van der Waals surface area contributed by atoms with E-state index in [0.29, 0.717) is 19.0 Å². The van der Waals surface area contributed by atoms with Gasteiger partial charge in [0.05, 0.1) is 6.54 Å². The summed E-state index contributed by atoms with van der Waals surface area (Å²) in [5, 5.41) is 8.65. The molecule has 1 saturated carbocycles. The molecule has 5 heteroatoms. The van der Waals surface area contributed by atoms with E-state index in [-0.39, 0.29) is 23.9 Å². The van der Waals surface area contributed by atoms with Crippen molar-refractivity contribution in [2.45, 2.75) is 51.6 Å². The van der Waals surface area contributed by atoms with Crippen LogP contribution in [0.1, 0.15) is 40.0 Å². The Labute approximate surface area is 103 Å². The number of hydrogen-bond donors (Lipinski definition) is 3. The Morgan fingerprint density at radius 3 is 2.35 bits per heavy atom. The molecule has 1 rings (SSSR count). The zero-order chi connectivity index (χ0) is 12.9. The molecule has 0 bridgehead atoms. The third kappa shape index (κ3) is 7.74. The van der Waals surface area contributed by atoms with Crippen molar-refractivity contribution >= 4 is 11.8 Å². The molecular formula is C12H23N3O2. The highest BCUT2D eigenvalue weighted by Crippen LogP contribution is 2.18. The van der Waals surface area contributed by atoms with Gasteiger partial charge >= 0.3 is 0 Å². The van der Waals surface area contributed by atoms with Crippen molar-refractivity contribution in [3.63, 3.8) is 0 Å². The summed E-state index contributed by atoms with van der Waals surface area (Å²) in [7, 11) is 0. The molecule has 0 saturated heterocycles. The standard InChI is InChI=1S/C12H23N3O2/c1-12(2,3)14-7-6-10(16)13-8-11(17)15-9-4-5-9/h9,14H,4-8H2,1-3H3,(H,13,16)(H,15,17). The van der Waals surface area contributed by atoms with E-state index in [9.17, 15) is 9.59 Å². The first-order chi connectivity index (χ1) is 7.87. The van der Waals surface area contributed by atoms with Gasteiger partial charge in [-0.25, -0.2) is 0 Å². The van der Waals surface area contributed by atoms with Gasteiger partial charge in [-0.1, -0.05) is 0 Å². The molecular weight excluding hydrogens is 218 g/mol. The summed E-state index contributed by atoms with van der Waals surface area (Å²) in [4.78, 5) is 22.7. The average Bonchev–Trinajstić information content (AvgIpc) is 2.96. The molecule has 2 amide bonds. The quantitative estimate of drug-likeness (QED) is 0.620. The minimum Gasteiger partial charge on any atom is -0.352 e. The van der Waals surface area contributed by atoms with Crippen LogP contribution in [0.4, 0.5) is 0 Å². The summed E-state index contributed by atoms with van der Waals surface area (Å²) in [6.07, 6.45) is 2.53. The minimum absolute atomic E-state index is 0.0175. The van der Waals surface area contributed by atoms with Gasteiger partial charge in [-0.05, 0) is 33.6 Å². The maximum Gasteiger partial charge on any atom is 0.239 e. The molecule has 0 atom stereocenters. The Balaban J connectivity index is 2.02. The minimum atomic E-state index is -0.0929. The highest BCUT2D eigenvalue weighted by atomic mass is 16.2. The summed E-state index contributed by atoms with van der Waals surface area (Å²) in [5.41, 5.74) is 0.0175. The van der Waals surface area contributed by atoms with E-state index in [1.807, 2.05) is 20.8 Å². The number of carbonyl (C=O) groups excluding carboxylic acids is 2. The number of hydrogen-bond acceptors (Lipinski definition) is 3. The fraction of sp³-hybridized carbons (Fsp3) is 0.833. The van der Waals surface area contributed by atoms with Crippen LogP contribution in [0.5, 0.6) is 0 Å². The second-order valence-corrected chi connectivity index (χ2v) is 5.55. The Hall–Kier alpha value is -1.10. The molecule has 1 aliphatic rings. The van der Waals surface area contributed by atoms with Gasteiger partial charge in [0, 0.05) is 24.5 Å². The molecule has 17 heavy (non-hydrogen) atoms. The summed E-state index contributed by atoms with van der Waals surface area (Å²) in [6, 6.07) is 0.349. The van der Waals surface area contributed by atoms with Crippen molar-refractivity contribution < 1.29 is 9.59 Å². The van der Waals surface area contributed by atoms with E-state index >= 15 is 0 Å². The van der Waals surface area contributed by atoms with Crippen LogP contribution in [0.2, 0.25) is 0 Å². The fourth-order valence-electron chi connectivity index (χ4n) is 1.32. The third-order valence-corrected chi connectivity index (χ3v) is 2.40. The SMILES string of the molecule is CC(C)(C)NCCC(=O)NCC(=O)NC1CC1. The highest BCUT2D eigenvalue weighted by Gasteiger charge is 2.23. The van der Waals surface area contributed by atoms with Crippen molar-refractivity contribution in [3.05, 3.63) is 0 Å². The molecule has 0 unspecified atom stereocenters. The predicted octanol–water partition coefficient (Wildman–Crippen LogP) is 0.159. The molecule has 0 aliphatic heterocycles. The van der Waals surface area contributed by atoms with Gasteiger partial charge in [-0.15, -0.1) is 0 Å². The average molecular weight is 241 g/mol. The van der Waals surface area contributed by atoms with Gasteiger partial charge in [0.25, 0.3) is 0 Å². The smallest absolute Gasteiger partial charge is 0.239 e. The maximum absolute atomic E-state index is 11.4. The van der Waals surface area contributed by atoms with E-state index in [4.69, 9.17) is 0 Å². The molecule has 5 nitrogen and oxygen atoms in total. The van der Waals surface area contributed by atoms with Gasteiger partial charge in [0.2, 0.25) is 11.8 Å². The van der Waals surface area contributed by atoms with E-state index in [1.54, 1.807) is 0 Å². The number of nitrogens with one attached hydrogen (secondary N) is 3. The van der Waals surface area contributed by atoms with Crippen LogP contribution < -0.4 is 16.0 Å². The van der Waals surface area contributed by atoms with Gasteiger partial charge < -0.3 is 16.0 Å². The zero-order valence-electron chi connectivity index (χ0n) is 10.9. The number of rotatable bonds is 6. The summed E-state index contributed by atoms with van der Waals surface area (Å²) in [6.45, 7) is 6.86. The molecule has 0 aromatic carbocycles. The van der Waals surface area contributed by atoms with E-state index in [1.165, 1.54) is 0 Å². The van der Waals surface area contributed by atoms with Crippen molar-refractivity contribution in [2.75, 3.05) is 13.1 Å². The van der Waals surface area contributed by atoms with E-state index in [0.717, 1.165) is 12.8 Å². The van der Waals surface area contributed by atoms with Crippen LogP contribution in [-0.2, 0) is 9.59 Å². The first-order valence-electron chi connectivity index (χ1n) is 6.18. The van der Waals surface area contributed by atoms with Crippen LogP contribution >= 0.6 is 0 Å². The van der Waals surface area contributed by atoms with E-state index in [2.05, 4.69) is 16.0 Å². The molecule has 3 N–H and O–H groups in total. The number of carbonyl (C=O) groups is 2. The van der Waals surface area contributed by atoms with Crippen molar-refractivity contribution in [1.82, 2.24) is 16.0 Å². The van der Waals surface area contributed by atoms with Gasteiger partial charge in [-0.2, -0.15) is 0 Å². The van der Waals surface area contributed by atoms with E-state index < -0.39 is 0 Å². The Morgan fingerprint density at radius 1 is 1.18 bits per heavy atom. The normalized spacial score (nSPS) is 15.5. The van der Waals surface area contributed by atoms with Crippen LogP contribution in [0, 0.1) is 0 Å². The molecule has 98 valence electrons. The molecule has 1 aliphatic carbocycles. The monoisotopic (exact) mass is 241 g/mol. The van der Waals surface area contributed by atoms with Crippen LogP contribution in [0.25, 0.3) is 0 Å². The van der Waals surface area contributed by atoms with Gasteiger partial charge in [-0.3, -0.25) is 9.59 Å². The van der Waals surface area contributed by atoms with Gasteiger partial charge in [0.1, 0.15) is 0 Å². The second kappa shape index (κ2) is 6.00. The van der Waals surface area contributed by atoms with Crippen LogP contribution in [0.15, 0.2) is 0 Å². The fourth-order valence-corrected chi connectivity index (χ4v) is 1.32. The first-order valence-corrected chi connectivity index (χ1v) is 6.18. The Morgan fingerprint density at radius 2 is 1.82 bits per heavy atom. The molecule has 0 heterocycles. The van der Waals surface area contributed by atoms with Crippen LogP contribution in [-0.4, -0.2) is 36.5 Å². The third-order valence-electron chi connectivity index (χ3n) is 2.40. The zero-order valence-corrected chi connectivity index (χ0v) is 10.9. The lowest BCUT2D eigenvalue weighted by Crippen LogP contribution is -2.41. The largest absolute Gasteiger partial charge is 0.352 e. The molecule has 1 fully saturated rings. The molecule has 0 spiro atoms. The molecule has 0 aromatic rings. The van der Waals surface area contributed by atoms with Crippen LogP contribution in [0.3, 0.4) is 0 Å². The summed E-state index contributed by atoms with van der Waals surface area (Å²) in [5.74, 6) is -0.183. The lowest BCUT2D eigenvalue weighted by molar-refractivity contribution is -0.126. The summed E-state index contributed by atoms with van der Waals surface area (Å²) < 4.78 is 0. The number of amides is 2. The van der Waals surface area contributed by atoms with Crippen molar-refractivity contribution in [3.8, 4) is 0 Å². The first kappa shape index (κ1) is 14.0. The summed E-state index contributed by atoms with van der Waals surface area (Å²) >= 11 is 0. The maximum atomic E-state index is 11.4. The van der Waals surface area contributed by atoms with Gasteiger partial charge in [0.15, 0.2) is 0 Å². The van der Waals surface area contributed by atoms with Crippen molar-refractivity contribution in [2.24, 2.45) is 0 Å². The topological polar surface area (TPSA) is 70.2 Å². The second-order valence-electron chi connectivity index (χ2n) is 5.55. The molecule has 0 aromatic heterocycles.